The van der Waals surface area contributed by atoms with E-state index in [1.54, 1.807) is 0 Å². The van der Waals surface area contributed by atoms with Crippen molar-refractivity contribution in [1.29, 1.82) is 0 Å². The number of hydrogen-bond acceptors (Lipinski definition) is 6. The first kappa shape index (κ1) is 34.2. The number of ether oxygens (including phenoxy) is 2. The van der Waals surface area contributed by atoms with Crippen molar-refractivity contribution in [3.63, 3.8) is 0 Å². The summed E-state index contributed by atoms with van der Waals surface area (Å²) in [6.45, 7) is 19.4. The van der Waals surface area contributed by atoms with Gasteiger partial charge in [-0.2, -0.15) is 0 Å². The molecule has 0 aromatic rings. The maximum Gasteiger partial charge on any atom is 0.312 e. The summed E-state index contributed by atoms with van der Waals surface area (Å²) in [6.07, 6.45) is 11.1. The molecule has 5 aliphatic carbocycles. The van der Waals surface area contributed by atoms with Crippen LogP contribution >= 0.6 is 0 Å². The number of carboxylic acid groups (broad SMARTS) is 1. The zero-order chi connectivity index (χ0) is 33.4. The fraction of sp³-hybridized carbons (Fsp3) is 0.842. The monoisotopic (exact) mass is 626 g/mol. The van der Waals surface area contributed by atoms with E-state index in [-0.39, 0.29) is 58.3 Å². The van der Waals surface area contributed by atoms with Crippen LogP contribution in [0.15, 0.2) is 11.6 Å². The van der Waals surface area contributed by atoms with Crippen molar-refractivity contribution < 1.29 is 33.8 Å². The second-order valence-electron chi connectivity index (χ2n) is 18.0. The average molecular weight is 627 g/mol. The number of esters is 2. The molecule has 4 fully saturated rings. The summed E-state index contributed by atoms with van der Waals surface area (Å²) in [5.41, 5.74) is -0.967. The Morgan fingerprint density at radius 2 is 1.60 bits per heavy atom. The standard InChI is InChI=1S/C38H58O7/c1-10-44-31(43)38-19-17-32(2,3)21-25(38)24-11-12-27-34(6)15-14-28(39)35(7,23-45-29(40)22-33(4,5)30(41)42)26(34)13-16-37(27,9)36(24,8)18-20-38/h11,25-27H,10,12-23H2,1-9H3,(H,41,42)/t25?,26?,27?,34-,35-,36+,37+,38-/m0/s1. The Balaban J connectivity index is 1.47. The molecule has 4 saturated carbocycles. The van der Waals surface area contributed by atoms with Crippen LogP contribution in [0.5, 0.6) is 0 Å². The normalized spacial score (nSPS) is 42.2. The molecule has 7 nitrogen and oxygen atoms in total. The number of rotatable bonds is 7. The number of allylic oxidation sites excluding steroid dienone is 2. The van der Waals surface area contributed by atoms with Crippen molar-refractivity contribution in [3.05, 3.63) is 11.6 Å². The third-order valence-electron chi connectivity index (χ3n) is 14.6. The van der Waals surface area contributed by atoms with Gasteiger partial charge in [0.15, 0.2) is 0 Å². The van der Waals surface area contributed by atoms with Crippen LogP contribution in [0, 0.1) is 55.7 Å². The molecule has 7 heteroatoms. The van der Waals surface area contributed by atoms with Gasteiger partial charge in [-0.1, -0.05) is 46.3 Å². The predicted octanol–water partition coefficient (Wildman–Crippen LogP) is 7.94. The second kappa shape index (κ2) is 10.9. The maximum absolute atomic E-state index is 13.7. The first-order valence-corrected chi connectivity index (χ1v) is 17.5. The van der Waals surface area contributed by atoms with Gasteiger partial charge in [0.05, 0.1) is 29.3 Å². The van der Waals surface area contributed by atoms with Crippen molar-refractivity contribution in [2.24, 2.45) is 55.7 Å². The Morgan fingerprint density at radius 1 is 0.933 bits per heavy atom. The quantitative estimate of drug-likeness (QED) is 0.226. The molecule has 45 heavy (non-hydrogen) atoms. The summed E-state index contributed by atoms with van der Waals surface area (Å²) in [5.74, 6) is -0.842. The van der Waals surface area contributed by atoms with E-state index in [2.05, 4.69) is 40.7 Å². The minimum atomic E-state index is -1.23. The Labute approximate surface area is 270 Å². The van der Waals surface area contributed by atoms with Crippen LogP contribution in [0.1, 0.15) is 133 Å². The number of carbonyl (C=O) groups is 4. The van der Waals surface area contributed by atoms with Gasteiger partial charge in [-0.05, 0) is 125 Å². The number of fused-ring (bicyclic) bond motifs is 7. The number of ketones is 1. The fourth-order valence-electron chi connectivity index (χ4n) is 11.4. The molecule has 0 aromatic heterocycles. The van der Waals surface area contributed by atoms with Crippen LogP contribution in [-0.2, 0) is 28.7 Å². The Morgan fingerprint density at radius 3 is 2.24 bits per heavy atom. The van der Waals surface area contributed by atoms with Crippen LogP contribution in [0.2, 0.25) is 0 Å². The lowest BCUT2D eigenvalue weighted by Gasteiger charge is -2.70. The molecular weight excluding hydrogens is 568 g/mol. The lowest BCUT2D eigenvalue weighted by Crippen LogP contribution is -2.65. The first-order valence-electron chi connectivity index (χ1n) is 17.5. The molecule has 0 heterocycles. The Hall–Kier alpha value is -2.18. The molecule has 0 radical (unpaired) electrons. The van der Waals surface area contributed by atoms with Crippen molar-refractivity contribution >= 4 is 23.7 Å². The third kappa shape index (κ3) is 5.03. The number of aliphatic carboxylic acids is 1. The van der Waals surface area contributed by atoms with Crippen molar-refractivity contribution in [3.8, 4) is 0 Å². The van der Waals surface area contributed by atoms with Gasteiger partial charge >= 0.3 is 17.9 Å². The highest BCUT2D eigenvalue weighted by atomic mass is 16.5. The van der Waals surface area contributed by atoms with E-state index in [1.165, 1.54) is 19.4 Å². The smallest absolute Gasteiger partial charge is 0.312 e. The molecule has 0 saturated heterocycles. The van der Waals surface area contributed by atoms with Crippen LogP contribution in [0.25, 0.3) is 0 Å². The number of carboxylic acids is 1. The van der Waals surface area contributed by atoms with Gasteiger partial charge in [0.1, 0.15) is 12.4 Å². The molecule has 0 bridgehead atoms. The zero-order valence-corrected chi connectivity index (χ0v) is 29.4. The van der Waals surface area contributed by atoms with Crippen LogP contribution in [0.4, 0.5) is 0 Å². The molecule has 5 rings (SSSR count). The summed E-state index contributed by atoms with van der Waals surface area (Å²) in [6, 6.07) is 0. The number of carbonyl (C=O) groups excluding carboxylic acids is 3. The SMILES string of the molecule is CCOC(=O)[C@]12CCC(C)(C)CC1C1=CCC3[C@@]4(C)CCC(=O)[C@@](C)(COC(=O)CC(C)(C)C(=O)O)C4CC[C@@]3(C)[C@]1(C)CC2. The van der Waals surface area contributed by atoms with E-state index >= 15 is 0 Å². The van der Waals surface area contributed by atoms with Crippen LogP contribution < -0.4 is 0 Å². The van der Waals surface area contributed by atoms with Crippen molar-refractivity contribution in [2.75, 3.05) is 13.2 Å². The molecule has 5 aliphatic rings. The van der Waals surface area contributed by atoms with Gasteiger partial charge in [-0.15, -0.1) is 0 Å². The lowest BCUT2D eigenvalue weighted by atomic mass is 9.33. The topological polar surface area (TPSA) is 107 Å². The molecular formula is C38H58O7. The highest BCUT2D eigenvalue weighted by Crippen LogP contribution is 2.75. The van der Waals surface area contributed by atoms with Gasteiger partial charge < -0.3 is 14.6 Å². The van der Waals surface area contributed by atoms with Gasteiger partial charge in [0.25, 0.3) is 0 Å². The largest absolute Gasteiger partial charge is 0.481 e. The molecule has 0 aliphatic heterocycles. The van der Waals surface area contributed by atoms with Crippen molar-refractivity contribution in [2.45, 2.75) is 133 Å². The Kier molecular flexibility index (Phi) is 8.30. The van der Waals surface area contributed by atoms with Crippen molar-refractivity contribution in [1.82, 2.24) is 0 Å². The minimum Gasteiger partial charge on any atom is -0.481 e. The molecule has 3 unspecified atom stereocenters. The van der Waals surface area contributed by atoms with E-state index in [9.17, 15) is 24.3 Å². The average Bonchev–Trinajstić information content (AvgIpc) is 2.94. The molecule has 1 N–H and O–H groups in total. The number of hydrogen-bond donors (Lipinski definition) is 1. The Bertz CT molecular complexity index is 1290. The zero-order valence-electron chi connectivity index (χ0n) is 29.4. The van der Waals surface area contributed by atoms with E-state index < -0.39 is 28.2 Å². The van der Waals surface area contributed by atoms with E-state index in [1.807, 2.05) is 13.8 Å². The highest BCUT2D eigenvalue weighted by molar-refractivity contribution is 5.87. The van der Waals surface area contributed by atoms with Crippen LogP contribution in [-0.4, -0.2) is 42.0 Å². The van der Waals surface area contributed by atoms with Gasteiger partial charge in [0.2, 0.25) is 0 Å². The summed E-state index contributed by atoms with van der Waals surface area (Å²) < 4.78 is 11.5. The summed E-state index contributed by atoms with van der Waals surface area (Å²) in [7, 11) is 0. The molecule has 0 amide bonds. The summed E-state index contributed by atoms with van der Waals surface area (Å²) >= 11 is 0. The first-order chi connectivity index (χ1) is 20.7. The molecule has 0 aromatic carbocycles. The summed E-state index contributed by atoms with van der Waals surface area (Å²) in [5, 5.41) is 9.49. The van der Waals surface area contributed by atoms with E-state index in [0.717, 1.165) is 57.8 Å². The van der Waals surface area contributed by atoms with Gasteiger partial charge in [0, 0.05) is 6.42 Å². The highest BCUT2D eigenvalue weighted by Gasteiger charge is 2.70. The molecule has 252 valence electrons. The molecule has 0 spiro atoms. The van der Waals surface area contributed by atoms with E-state index in [0.29, 0.717) is 18.9 Å². The fourth-order valence-corrected chi connectivity index (χ4v) is 11.4. The predicted molar refractivity (Wildman–Crippen MR) is 172 cm³/mol. The van der Waals surface area contributed by atoms with Crippen LogP contribution in [0.3, 0.4) is 0 Å². The van der Waals surface area contributed by atoms with Gasteiger partial charge in [-0.25, -0.2) is 0 Å². The molecule has 8 atom stereocenters. The maximum atomic E-state index is 13.7. The minimum absolute atomic E-state index is 0.000699. The lowest BCUT2D eigenvalue weighted by molar-refractivity contribution is -0.198. The van der Waals surface area contributed by atoms with E-state index in [4.69, 9.17) is 9.47 Å². The number of Topliss-reactive ketones (excluding diaryl/α,β-unsaturated/α-hetero) is 1. The second-order valence-corrected chi connectivity index (χ2v) is 18.0. The third-order valence-corrected chi connectivity index (χ3v) is 14.6. The summed E-state index contributed by atoms with van der Waals surface area (Å²) in [4.78, 5) is 51.8. The van der Waals surface area contributed by atoms with Gasteiger partial charge in [-0.3, -0.25) is 19.2 Å².